The molecule has 2 aromatic rings. The van der Waals surface area contributed by atoms with Crippen molar-refractivity contribution in [2.75, 3.05) is 19.0 Å². The van der Waals surface area contributed by atoms with Crippen LogP contribution in [0.4, 0.5) is 5.69 Å². The van der Waals surface area contributed by atoms with Crippen molar-refractivity contribution in [3.63, 3.8) is 0 Å². The summed E-state index contributed by atoms with van der Waals surface area (Å²) in [4.78, 5) is 24.1. The van der Waals surface area contributed by atoms with Gasteiger partial charge in [0.2, 0.25) is 11.8 Å². The van der Waals surface area contributed by atoms with Crippen LogP contribution in [0.2, 0.25) is 0 Å². The van der Waals surface area contributed by atoms with E-state index in [9.17, 15) is 9.59 Å². The Kier molecular flexibility index (Phi) is 9.85. The van der Waals surface area contributed by atoms with Gasteiger partial charge in [0.15, 0.2) is 5.11 Å². The lowest BCUT2D eigenvalue weighted by molar-refractivity contribution is -0.128. The summed E-state index contributed by atoms with van der Waals surface area (Å²) in [6.45, 7) is 8.43. The van der Waals surface area contributed by atoms with Gasteiger partial charge in [-0.25, -0.2) is 0 Å². The second-order valence-corrected chi connectivity index (χ2v) is 9.29. The number of hydrogen-bond donors (Lipinski definition) is 3. The van der Waals surface area contributed by atoms with Crippen LogP contribution < -0.4 is 20.7 Å². The molecule has 2 rings (SSSR count). The van der Waals surface area contributed by atoms with E-state index in [-0.39, 0.29) is 16.9 Å². The number of anilines is 1. The van der Waals surface area contributed by atoms with Crippen LogP contribution in [0, 0.1) is 19.3 Å². The molecule has 0 atom stereocenters. The Bertz CT molecular complexity index is 971. The van der Waals surface area contributed by atoms with Crippen LogP contribution in [0.15, 0.2) is 42.5 Å². The molecule has 3 N–H and O–H groups in total. The Labute approximate surface area is 202 Å². The first kappa shape index (κ1) is 26.3. The predicted molar refractivity (Wildman–Crippen MR) is 138 cm³/mol. The van der Waals surface area contributed by atoms with Crippen molar-refractivity contribution in [2.24, 2.45) is 5.41 Å². The van der Waals surface area contributed by atoms with Crippen LogP contribution in [-0.2, 0) is 16.0 Å². The number of benzene rings is 2. The summed E-state index contributed by atoms with van der Waals surface area (Å²) >= 11 is 5.32. The Morgan fingerprint density at radius 1 is 1.06 bits per heavy atom. The molecule has 33 heavy (non-hydrogen) atoms. The normalized spacial score (nSPS) is 10.9. The molecule has 0 radical (unpaired) electrons. The zero-order chi connectivity index (χ0) is 24.4. The van der Waals surface area contributed by atoms with Gasteiger partial charge in [-0.05, 0) is 80.2 Å². The lowest BCUT2D eigenvalue weighted by atomic mass is 9.87. The van der Waals surface area contributed by atoms with Gasteiger partial charge in [0.05, 0.1) is 6.61 Å². The van der Waals surface area contributed by atoms with Crippen LogP contribution >= 0.6 is 12.2 Å². The lowest BCUT2D eigenvalue weighted by Crippen LogP contribution is -2.42. The summed E-state index contributed by atoms with van der Waals surface area (Å²) in [5.74, 6) is 0.775. The Morgan fingerprint density at radius 2 is 1.76 bits per heavy atom. The average molecular weight is 470 g/mol. The Morgan fingerprint density at radius 3 is 2.42 bits per heavy atom. The number of nitrogens with one attached hydrogen (secondary N) is 3. The monoisotopic (exact) mass is 469 g/mol. The molecule has 0 heterocycles. The molecule has 0 aliphatic heterocycles. The van der Waals surface area contributed by atoms with Gasteiger partial charge in [-0.2, -0.15) is 0 Å². The maximum atomic E-state index is 12.7. The van der Waals surface area contributed by atoms with Crippen molar-refractivity contribution >= 4 is 34.8 Å². The molecule has 0 aliphatic carbocycles. The standard InChI is InChI=1S/C26H35N3O3S/c1-18-7-8-19(2)22(17-18)32-16-6-15-26(3,4)24(31)29-25(33)28-21-12-9-20(10-13-21)11-14-23(30)27-5/h7-10,12-13,17H,6,11,14-16H2,1-5H3,(H,27,30)(H2,28,29,31,33). The van der Waals surface area contributed by atoms with Crippen molar-refractivity contribution in [1.29, 1.82) is 0 Å². The third-order valence-corrected chi connectivity index (χ3v) is 5.72. The number of ether oxygens (including phenoxy) is 1. The topological polar surface area (TPSA) is 79.5 Å². The minimum atomic E-state index is -0.583. The second kappa shape index (κ2) is 12.3. The van der Waals surface area contributed by atoms with E-state index >= 15 is 0 Å². The molecule has 0 aliphatic rings. The van der Waals surface area contributed by atoms with E-state index in [4.69, 9.17) is 17.0 Å². The fourth-order valence-corrected chi connectivity index (χ4v) is 3.46. The second-order valence-electron chi connectivity index (χ2n) is 8.88. The number of rotatable bonds is 10. The fourth-order valence-electron chi connectivity index (χ4n) is 3.24. The summed E-state index contributed by atoms with van der Waals surface area (Å²) < 4.78 is 5.91. The highest BCUT2D eigenvalue weighted by molar-refractivity contribution is 7.80. The molecule has 7 heteroatoms. The number of carbonyl (C=O) groups excluding carboxylic acids is 2. The fraction of sp³-hybridized carbons (Fsp3) is 0.423. The van der Waals surface area contributed by atoms with E-state index in [2.05, 4.69) is 28.1 Å². The number of thiocarbonyl (C=S) groups is 1. The quantitative estimate of drug-likeness (QED) is 0.348. The van der Waals surface area contributed by atoms with Gasteiger partial charge in [0.1, 0.15) is 5.75 Å². The van der Waals surface area contributed by atoms with Crippen molar-refractivity contribution in [3.05, 3.63) is 59.2 Å². The molecule has 6 nitrogen and oxygen atoms in total. The largest absolute Gasteiger partial charge is 0.493 e. The molecule has 178 valence electrons. The van der Waals surface area contributed by atoms with Crippen LogP contribution in [0.1, 0.15) is 49.8 Å². The summed E-state index contributed by atoms with van der Waals surface area (Å²) in [6.07, 6.45) is 2.54. The molecule has 0 saturated heterocycles. The number of aryl methyl sites for hydroxylation is 3. The zero-order valence-electron chi connectivity index (χ0n) is 20.2. The zero-order valence-corrected chi connectivity index (χ0v) is 21.0. The Hall–Kier alpha value is -2.93. The molecule has 0 fully saturated rings. The van der Waals surface area contributed by atoms with Crippen LogP contribution in [0.3, 0.4) is 0 Å². The van der Waals surface area contributed by atoms with Crippen LogP contribution in [-0.4, -0.2) is 30.6 Å². The minimum absolute atomic E-state index is 0.0144. The van der Waals surface area contributed by atoms with Gasteiger partial charge < -0.3 is 20.7 Å². The van der Waals surface area contributed by atoms with Crippen molar-refractivity contribution in [2.45, 2.75) is 53.4 Å². The van der Waals surface area contributed by atoms with Gasteiger partial charge in [0.25, 0.3) is 0 Å². The van der Waals surface area contributed by atoms with E-state index in [0.29, 0.717) is 25.9 Å². The van der Waals surface area contributed by atoms with Gasteiger partial charge in [0, 0.05) is 24.6 Å². The highest BCUT2D eigenvalue weighted by atomic mass is 32.1. The van der Waals surface area contributed by atoms with Crippen LogP contribution in [0.25, 0.3) is 0 Å². The van der Waals surface area contributed by atoms with Gasteiger partial charge in [-0.3, -0.25) is 9.59 Å². The van der Waals surface area contributed by atoms with Crippen molar-refractivity contribution < 1.29 is 14.3 Å². The number of carbonyl (C=O) groups is 2. The maximum Gasteiger partial charge on any atom is 0.231 e. The molecular weight excluding hydrogens is 434 g/mol. The van der Waals surface area contributed by atoms with E-state index in [0.717, 1.165) is 34.5 Å². The molecule has 0 spiro atoms. The minimum Gasteiger partial charge on any atom is -0.493 e. The first-order valence-corrected chi connectivity index (χ1v) is 11.6. The molecule has 0 unspecified atom stereocenters. The average Bonchev–Trinajstić information content (AvgIpc) is 2.78. The highest BCUT2D eigenvalue weighted by Gasteiger charge is 2.27. The molecular formula is C26H35N3O3S. The van der Waals surface area contributed by atoms with E-state index in [1.807, 2.05) is 58.0 Å². The van der Waals surface area contributed by atoms with E-state index in [1.165, 1.54) is 0 Å². The first-order chi connectivity index (χ1) is 15.6. The SMILES string of the molecule is CNC(=O)CCc1ccc(NC(=S)NC(=O)C(C)(C)CCCOc2cc(C)ccc2C)cc1. The number of hydrogen-bond acceptors (Lipinski definition) is 4. The predicted octanol–water partition coefficient (Wildman–Crippen LogP) is 4.68. The summed E-state index contributed by atoms with van der Waals surface area (Å²) in [6, 6.07) is 13.8. The Balaban J connectivity index is 1.77. The third-order valence-electron chi connectivity index (χ3n) is 5.52. The third kappa shape index (κ3) is 8.85. The van der Waals surface area contributed by atoms with E-state index < -0.39 is 5.41 Å². The summed E-state index contributed by atoms with van der Waals surface area (Å²) in [7, 11) is 1.63. The molecule has 0 aromatic heterocycles. The molecule has 2 aromatic carbocycles. The number of amides is 2. The van der Waals surface area contributed by atoms with E-state index in [1.54, 1.807) is 7.05 Å². The van der Waals surface area contributed by atoms with Crippen molar-refractivity contribution in [1.82, 2.24) is 10.6 Å². The smallest absolute Gasteiger partial charge is 0.231 e. The van der Waals surface area contributed by atoms with Crippen LogP contribution in [0.5, 0.6) is 5.75 Å². The first-order valence-electron chi connectivity index (χ1n) is 11.2. The molecule has 2 amide bonds. The molecule has 0 saturated carbocycles. The summed E-state index contributed by atoms with van der Waals surface area (Å²) in [5, 5.41) is 8.71. The maximum absolute atomic E-state index is 12.7. The summed E-state index contributed by atoms with van der Waals surface area (Å²) in [5.41, 5.74) is 3.52. The van der Waals surface area contributed by atoms with Gasteiger partial charge in [-0.1, -0.05) is 38.1 Å². The van der Waals surface area contributed by atoms with Crippen molar-refractivity contribution in [3.8, 4) is 5.75 Å². The molecule has 0 bridgehead atoms. The van der Waals surface area contributed by atoms with Gasteiger partial charge in [-0.15, -0.1) is 0 Å². The lowest BCUT2D eigenvalue weighted by Gasteiger charge is -2.24. The highest BCUT2D eigenvalue weighted by Crippen LogP contribution is 2.24. The van der Waals surface area contributed by atoms with Gasteiger partial charge >= 0.3 is 0 Å².